The molecule has 1 atom stereocenters. The van der Waals surface area contributed by atoms with Gasteiger partial charge in [-0.3, -0.25) is 11.3 Å². The first kappa shape index (κ1) is 13.0. The summed E-state index contributed by atoms with van der Waals surface area (Å²) < 4.78 is 19.1. The molecule has 0 amide bonds. The summed E-state index contributed by atoms with van der Waals surface area (Å²) in [6.45, 7) is 0. The van der Waals surface area contributed by atoms with Crippen molar-refractivity contribution in [3.05, 3.63) is 52.0 Å². The molecular formula is C13H15FN2OS. The fourth-order valence-electron chi connectivity index (χ4n) is 1.86. The standard InChI is InChI=1S/C13H15FN2OS/c1-17-12-4-2-3-10(13(12)14)11(16-15)7-9-5-6-18-8-9/h2-6,8,11,16H,7,15H2,1H3. The third-order valence-corrected chi connectivity index (χ3v) is 3.54. The smallest absolute Gasteiger partial charge is 0.169 e. The number of rotatable bonds is 5. The SMILES string of the molecule is COc1cccc(C(Cc2ccsc2)NN)c1F. The van der Waals surface area contributed by atoms with Crippen LogP contribution < -0.4 is 16.0 Å². The zero-order valence-electron chi connectivity index (χ0n) is 10.0. The Kier molecular flexibility index (Phi) is 4.30. The molecule has 0 saturated heterocycles. The Labute approximate surface area is 109 Å². The van der Waals surface area contributed by atoms with Crippen LogP contribution in [-0.4, -0.2) is 7.11 Å². The van der Waals surface area contributed by atoms with Crippen molar-refractivity contribution >= 4 is 11.3 Å². The number of nitrogens with one attached hydrogen (secondary N) is 1. The van der Waals surface area contributed by atoms with Crippen molar-refractivity contribution < 1.29 is 9.13 Å². The van der Waals surface area contributed by atoms with E-state index in [-0.39, 0.29) is 17.6 Å². The molecule has 0 aliphatic heterocycles. The number of thiophene rings is 1. The largest absolute Gasteiger partial charge is 0.494 e. The molecule has 0 aliphatic rings. The number of nitrogens with two attached hydrogens (primary N) is 1. The van der Waals surface area contributed by atoms with E-state index in [1.54, 1.807) is 29.5 Å². The number of hydrazine groups is 1. The minimum Gasteiger partial charge on any atom is -0.494 e. The second kappa shape index (κ2) is 5.95. The van der Waals surface area contributed by atoms with Crippen LogP contribution in [0.25, 0.3) is 0 Å². The van der Waals surface area contributed by atoms with Gasteiger partial charge in [-0.25, -0.2) is 4.39 Å². The molecule has 3 N–H and O–H groups in total. The van der Waals surface area contributed by atoms with Crippen molar-refractivity contribution in [3.8, 4) is 5.75 Å². The summed E-state index contributed by atoms with van der Waals surface area (Å²) in [5.74, 6) is 5.40. The van der Waals surface area contributed by atoms with Crippen LogP contribution >= 0.6 is 11.3 Å². The predicted molar refractivity (Wildman–Crippen MR) is 71.0 cm³/mol. The van der Waals surface area contributed by atoms with Gasteiger partial charge in [-0.15, -0.1) is 0 Å². The van der Waals surface area contributed by atoms with E-state index in [2.05, 4.69) is 5.43 Å². The minimum atomic E-state index is -0.363. The molecule has 3 nitrogen and oxygen atoms in total. The van der Waals surface area contributed by atoms with Crippen molar-refractivity contribution in [2.75, 3.05) is 7.11 Å². The average Bonchev–Trinajstić information content (AvgIpc) is 2.89. The Balaban J connectivity index is 2.27. The van der Waals surface area contributed by atoms with E-state index < -0.39 is 0 Å². The number of benzene rings is 1. The first-order valence-corrected chi connectivity index (χ1v) is 6.50. The van der Waals surface area contributed by atoms with Crippen LogP contribution in [0, 0.1) is 5.82 Å². The summed E-state index contributed by atoms with van der Waals surface area (Å²) in [5.41, 5.74) is 4.30. The second-order valence-corrected chi connectivity index (χ2v) is 4.70. The fourth-order valence-corrected chi connectivity index (χ4v) is 2.54. The molecule has 0 bridgehead atoms. The molecule has 0 radical (unpaired) electrons. The monoisotopic (exact) mass is 266 g/mol. The highest BCUT2D eigenvalue weighted by Crippen LogP contribution is 2.27. The Bertz CT molecular complexity index is 502. The highest BCUT2D eigenvalue weighted by atomic mass is 32.1. The molecule has 0 spiro atoms. The van der Waals surface area contributed by atoms with Gasteiger partial charge in [0.05, 0.1) is 13.2 Å². The molecule has 96 valence electrons. The third kappa shape index (κ3) is 2.69. The van der Waals surface area contributed by atoms with Crippen LogP contribution in [-0.2, 0) is 6.42 Å². The van der Waals surface area contributed by atoms with Crippen LogP contribution in [0.1, 0.15) is 17.2 Å². The van der Waals surface area contributed by atoms with Gasteiger partial charge in [0, 0.05) is 5.56 Å². The van der Waals surface area contributed by atoms with Crippen LogP contribution in [0.5, 0.6) is 5.75 Å². The van der Waals surface area contributed by atoms with E-state index in [1.165, 1.54) is 7.11 Å². The van der Waals surface area contributed by atoms with Gasteiger partial charge in [0.1, 0.15) is 0 Å². The van der Waals surface area contributed by atoms with E-state index in [4.69, 9.17) is 10.6 Å². The van der Waals surface area contributed by atoms with E-state index in [9.17, 15) is 4.39 Å². The average molecular weight is 266 g/mol. The van der Waals surface area contributed by atoms with Gasteiger partial charge in [-0.2, -0.15) is 11.3 Å². The molecule has 1 aromatic carbocycles. The number of hydrogen-bond donors (Lipinski definition) is 2. The second-order valence-electron chi connectivity index (χ2n) is 3.92. The van der Waals surface area contributed by atoms with E-state index in [0.717, 1.165) is 5.56 Å². The fraction of sp³-hybridized carbons (Fsp3) is 0.231. The summed E-state index contributed by atoms with van der Waals surface area (Å²) in [7, 11) is 1.45. The van der Waals surface area contributed by atoms with Crippen molar-refractivity contribution in [1.82, 2.24) is 5.43 Å². The lowest BCUT2D eigenvalue weighted by atomic mass is 10.0. The molecule has 18 heavy (non-hydrogen) atoms. The van der Waals surface area contributed by atoms with Crippen LogP contribution in [0.4, 0.5) is 4.39 Å². The van der Waals surface area contributed by atoms with Gasteiger partial charge in [-0.05, 0) is 34.9 Å². The highest BCUT2D eigenvalue weighted by molar-refractivity contribution is 7.07. The molecule has 1 aromatic heterocycles. The molecule has 1 heterocycles. The summed E-state index contributed by atoms with van der Waals surface area (Å²) in [6, 6.07) is 6.81. The van der Waals surface area contributed by atoms with Gasteiger partial charge < -0.3 is 4.74 Å². The Morgan fingerprint density at radius 3 is 2.89 bits per heavy atom. The summed E-state index contributed by atoms with van der Waals surface area (Å²) >= 11 is 1.61. The molecule has 2 aromatic rings. The van der Waals surface area contributed by atoms with Crippen molar-refractivity contribution in [2.45, 2.75) is 12.5 Å². The number of halogens is 1. The van der Waals surface area contributed by atoms with E-state index in [1.807, 2.05) is 16.8 Å². The molecule has 5 heteroatoms. The Morgan fingerprint density at radius 2 is 2.28 bits per heavy atom. The molecule has 1 unspecified atom stereocenters. The molecular weight excluding hydrogens is 251 g/mol. The van der Waals surface area contributed by atoms with E-state index >= 15 is 0 Å². The Hall–Kier alpha value is -1.43. The zero-order valence-corrected chi connectivity index (χ0v) is 10.8. The number of ether oxygens (including phenoxy) is 1. The van der Waals surface area contributed by atoms with Crippen LogP contribution in [0.2, 0.25) is 0 Å². The van der Waals surface area contributed by atoms with Gasteiger partial charge in [-0.1, -0.05) is 12.1 Å². The van der Waals surface area contributed by atoms with Crippen LogP contribution in [0.3, 0.4) is 0 Å². The first-order chi connectivity index (χ1) is 8.76. The lowest BCUT2D eigenvalue weighted by molar-refractivity contribution is 0.379. The maximum absolute atomic E-state index is 14.1. The Morgan fingerprint density at radius 1 is 1.44 bits per heavy atom. The normalized spacial score (nSPS) is 12.4. The van der Waals surface area contributed by atoms with Gasteiger partial charge in [0.15, 0.2) is 11.6 Å². The lowest BCUT2D eigenvalue weighted by Gasteiger charge is -2.17. The molecule has 2 rings (SSSR count). The summed E-state index contributed by atoms with van der Waals surface area (Å²) in [5, 5.41) is 4.02. The highest BCUT2D eigenvalue weighted by Gasteiger charge is 2.17. The first-order valence-electron chi connectivity index (χ1n) is 5.56. The number of methoxy groups -OCH3 is 1. The minimum absolute atomic E-state index is 0.234. The van der Waals surface area contributed by atoms with Crippen LogP contribution in [0.15, 0.2) is 35.0 Å². The topological polar surface area (TPSA) is 47.3 Å². The van der Waals surface area contributed by atoms with E-state index in [0.29, 0.717) is 12.0 Å². The maximum Gasteiger partial charge on any atom is 0.169 e. The van der Waals surface area contributed by atoms with Crippen molar-refractivity contribution in [2.24, 2.45) is 5.84 Å². The quantitative estimate of drug-likeness (QED) is 0.646. The molecule has 0 fully saturated rings. The van der Waals surface area contributed by atoms with Crippen molar-refractivity contribution in [3.63, 3.8) is 0 Å². The molecule has 0 saturated carbocycles. The predicted octanol–water partition coefficient (Wildman–Crippen LogP) is 2.64. The van der Waals surface area contributed by atoms with Gasteiger partial charge in [0.25, 0.3) is 0 Å². The third-order valence-electron chi connectivity index (χ3n) is 2.81. The van der Waals surface area contributed by atoms with Gasteiger partial charge in [0.2, 0.25) is 0 Å². The molecule has 0 aliphatic carbocycles. The summed E-state index contributed by atoms with van der Waals surface area (Å²) in [6.07, 6.45) is 0.643. The summed E-state index contributed by atoms with van der Waals surface area (Å²) in [4.78, 5) is 0. The maximum atomic E-state index is 14.1. The van der Waals surface area contributed by atoms with Crippen molar-refractivity contribution in [1.29, 1.82) is 0 Å². The van der Waals surface area contributed by atoms with Gasteiger partial charge >= 0.3 is 0 Å². The lowest BCUT2D eigenvalue weighted by Crippen LogP contribution is -2.30. The number of hydrogen-bond acceptors (Lipinski definition) is 4. The zero-order chi connectivity index (χ0) is 13.0.